The van der Waals surface area contributed by atoms with E-state index in [1.165, 1.54) is 31.5 Å². The van der Waals surface area contributed by atoms with Gasteiger partial charge in [0.1, 0.15) is 5.56 Å². The monoisotopic (exact) mass is 235 g/mol. The molecule has 0 spiro atoms. The van der Waals surface area contributed by atoms with E-state index in [-0.39, 0.29) is 11.4 Å². The highest BCUT2D eigenvalue weighted by Gasteiger charge is 2.18. The summed E-state index contributed by atoms with van der Waals surface area (Å²) in [5.41, 5.74) is 11.4. The van der Waals surface area contributed by atoms with Gasteiger partial charge in [0.25, 0.3) is 5.91 Å². The van der Waals surface area contributed by atoms with Crippen molar-refractivity contribution in [2.24, 2.45) is 11.7 Å². The summed E-state index contributed by atoms with van der Waals surface area (Å²) in [6.45, 7) is 0.571. The molecule has 0 radical (unpaired) electrons. The number of rotatable bonds is 5. The number of hydrogen-bond donors (Lipinski definition) is 2. The Hall–Kier alpha value is -1.78. The lowest BCUT2D eigenvalue weighted by Gasteiger charge is -2.24. The summed E-state index contributed by atoms with van der Waals surface area (Å²) in [4.78, 5) is 15.2. The van der Waals surface area contributed by atoms with Gasteiger partial charge in [-0.25, -0.2) is 4.98 Å². The highest BCUT2D eigenvalue weighted by Crippen LogP contribution is 2.29. The van der Waals surface area contributed by atoms with Crippen LogP contribution in [0.25, 0.3) is 0 Å². The van der Waals surface area contributed by atoms with Crippen LogP contribution < -0.4 is 16.2 Å². The number of ether oxygens (including phenoxy) is 1. The van der Waals surface area contributed by atoms with E-state index in [9.17, 15) is 4.79 Å². The SMILES string of the molecule is NC(=O)c1cc(N)cnc1OCCC1CCC1. The predicted octanol–water partition coefficient (Wildman–Crippen LogP) is 1.33. The molecule has 1 amide bonds. The van der Waals surface area contributed by atoms with Crippen LogP contribution in [0.5, 0.6) is 5.88 Å². The van der Waals surface area contributed by atoms with Gasteiger partial charge < -0.3 is 16.2 Å². The molecule has 0 bridgehead atoms. The van der Waals surface area contributed by atoms with Gasteiger partial charge in [0, 0.05) is 0 Å². The van der Waals surface area contributed by atoms with Crippen molar-refractivity contribution < 1.29 is 9.53 Å². The van der Waals surface area contributed by atoms with Crippen LogP contribution in [-0.2, 0) is 0 Å². The summed E-state index contributed by atoms with van der Waals surface area (Å²) < 4.78 is 5.49. The molecule has 1 saturated carbocycles. The second-order valence-electron chi connectivity index (χ2n) is 4.42. The quantitative estimate of drug-likeness (QED) is 0.805. The maximum absolute atomic E-state index is 11.2. The minimum atomic E-state index is -0.566. The Morgan fingerprint density at radius 1 is 1.53 bits per heavy atom. The van der Waals surface area contributed by atoms with Crippen LogP contribution in [0.3, 0.4) is 0 Å². The second-order valence-corrected chi connectivity index (χ2v) is 4.42. The number of nitrogens with zero attached hydrogens (tertiary/aromatic N) is 1. The van der Waals surface area contributed by atoms with Gasteiger partial charge in [-0.05, 0) is 18.4 Å². The molecule has 0 aromatic carbocycles. The largest absolute Gasteiger partial charge is 0.477 e. The molecule has 1 fully saturated rings. The molecule has 0 saturated heterocycles. The Morgan fingerprint density at radius 2 is 2.29 bits per heavy atom. The van der Waals surface area contributed by atoms with Crippen LogP contribution in [0.4, 0.5) is 5.69 Å². The van der Waals surface area contributed by atoms with Crippen molar-refractivity contribution in [1.29, 1.82) is 0 Å². The Morgan fingerprint density at radius 3 is 2.88 bits per heavy atom. The highest BCUT2D eigenvalue weighted by molar-refractivity contribution is 5.95. The number of amides is 1. The van der Waals surface area contributed by atoms with E-state index in [1.54, 1.807) is 0 Å². The van der Waals surface area contributed by atoms with E-state index < -0.39 is 5.91 Å². The number of nitrogen functional groups attached to an aromatic ring is 1. The first-order valence-corrected chi connectivity index (χ1v) is 5.85. The molecule has 5 nitrogen and oxygen atoms in total. The summed E-state index contributed by atoms with van der Waals surface area (Å²) in [6.07, 6.45) is 6.34. The van der Waals surface area contributed by atoms with Gasteiger partial charge in [0.05, 0.1) is 18.5 Å². The summed E-state index contributed by atoms with van der Waals surface area (Å²) in [6, 6.07) is 1.49. The normalized spacial score (nSPS) is 15.3. The molecule has 92 valence electrons. The zero-order chi connectivity index (χ0) is 12.3. The Balaban J connectivity index is 1.96. The molecule has 2 rings (SSSR count). The second kappa shape index (κ2) is 5.03. The van der Waals surface area contributed by atoms with Crippen LogP contribution in [0.2, 0.25) is 0 Å². The molecule has 1 aliphatic carbocycles. The zero-order valence-corrected chi connectivity index (χ0v) is 9.69. The first-order valence-electron chi connectivity index (χ1n) is 5.85. The van der Waals surface area contributed by atoms with Crippen LogP contribution in [0.15, 0.2) is 12.3 Å². The average molecular weight is 235 g/mol. The molecule has 0 atom stereocenters. The fraction of sp³-hybridized carbons (Fsp3) is 0.500. The van der Waals surface area contributed by atoms with Crippen LogP contribution >= 0.6 is 0 Å². The Kier molecular flexibility index (Phi) is 3.46. The third kappa shape index (κ3) is 2.87. The van der Waals surface area contributed by atoms with Crippen molar-refractivity contribution in [2.45, 2.75) is 25.7 Å². The number of pyridine rings is 1. The fourth-order valence-corrected chi connectivity index (χ4v) is 1.86. The first kappa shape index (κ1) is 11.7. The third-order valence-electron chi connectivity index (χ3n) is 3.13. The molecule has 0 aliphatic heterocycles. The van der Waals surface area contributed by atoms with Crippen molar-refractivity contribution in [2.75, 3.05) is 12.3 Å². The number of primary amides is 1. The number of anilines is 1. The van der Waals surface area contributed by atoms with Crippen molar-refractivity contribution in [3.05, 3.63) is 17.8 Å². The van der Waals surface area contributed by atoms with Gasteiger partial charge in [0.15, 0.2) is 0 Å². The molecular weight excluding hydrogens is 218 g/mol. The number of aromatic nitrogens is 1. The van der Waals surface area contributed by atoms with E-state index in [4.69, 9.17) is 16.2 Å². The van der Waals surface area contributed by atoms with Gasteiger partial charge in [-0.1, -0.05) is 19.3 Å². The molecule has 1 aliphatic rings. The van der Waals surface area contributed by atoms with E-state index >= 15 is 0 Å². The lowest BCUT2D eigenvalue weighted by molar-refractivity contribution is 0.0994. The van der Waals surface area contributed by atoms with Crippen LogP contribution in [0, 0.1) is 5.92 Å². The first-order chi connectivity index (χ1) is 8.16. The number of carbonyl (C=O) groups is 1. The predicted molar refractivity (Wildman–Crippen MR) is 64.6 cm³/mol. The van der Waals surface area contributed by atoms with E-state index in [0.717, 1.165) is 12.3 Å². The molecule has 1 aromatic rings. The molecule has 4 N–H and O–H groups in total. The smallest absolute Gasteiger partial charge is 0.254 e. The topological polar surface area (TPSA) is 91.2 Å². The van der Waals surface area contributed by atoms with Crippen molar-refractivity contribution in [3.8, 4) is 5.88 Å². The molecule has 1 aromatic heterocycles. The Labute approximate surface area is 100 Å². The summed E-state index contributed by atoms with van der Waals surface area (Å²) in [7, 11) is 0. The molecular formula is C12H17N3O2. The van der Waals surface area contributed by atoms with Crippen LogP contribution in [-0.4, -0.2) is 17.5 Å². The maximum Gasteiger partial charge on any atom is 0.254 e. The number of carbonyl (C=O) groups excluding carboxylic acids is 1. The van der Waals surface area contributed by atoms with Crippen molar-refractivity contribution in [3.63, 3.8) is 0 Å². The summed E-state index contributed by atoms with van der Waals surface area (Å²) in [5, 5.41) is 0. The average Bonchev–Trinajstić information content (AvgIpc) is 2.23. The number of hydrogen-bond acceptors (Lipinski definition) is 4. The standard InChI is InChI=1S/C12H17N3O2/c13-9-6-10(11(14)16)12(15-7-9)17-5-4-8-2-1-3-8/h6-8H,1-5,13H2,(H2,14,16). The molecule has 0 unspecified atom stereocenters. The maximum atomic E-state index is 11.2. The van der Waals surface area contributed by atoms with Gasteiger partial charge in [-0.3, -0.25) is 4.79 Å². The lowest BCUT2D eigenvalue weighted by atomic mass is 9.83. The molecule has 1 heterocycles. The van der Waals surface area contributed by atoms with E-state index in [0.29, 0.717) is 12.3 Å². The van der Waals surface area contributed by atoms with Gasteiger partial charge >= 0.3 is 0 Å². The van der Waals surface area contributed by atoms with Crippen molar-refractivity contribution in [1.82, 2.24) is 4.98 Å². The minimum Gasteiger partial charge on any atom is -0.477 e. The van der Waals surface area contributed by atoms with Gasteiger partial charge in [-0.15, -0.1) is 0 Å². The van der Waals surface area contributed by atoms with Gasteiger partial charge in [-0.2, -0.15) is 0 Å². The summed E-state index contributed by atoms with van der Waals surface area (Å²) >= 11 is 0. The fourth-order valence-electron chi connectivity index (χ4n) is 1.86. The Bertz CT molecular complexity index is 416. The van der Waals surface area contributed by atoms with E-state index in [1.807, 2.05) is 0 Å². The number of nitrogens with two attached hydrogens (primary N) is 2. The molecule has 5 heteroatoms. The minimum absolute atomic E-state index is 0.249. The summed E-state index contributed by atoms with van der Waals surface area (Å²) in [5.74, 6) is 0.482. The van der Waals surface area contributed by atoms with Gasteiger partial charge in [0.2, 0.25) is 5.88 Å². The highest BCUT2D eigenvalue weighted by atomic mass is 16.5. The van der Waals surface area contributed by atoms with E-state index in [2.05, 4.69) is 4.98 Å². The van der Waals surface area contributed by atoms with Crippen molar-refractivity contribution >= 4 is 11.6 Å². The lowest BCUT2D eigenvalue weighted by Crippen LogP contribution is -2.17. The zero-order valence-electron chi connectivity index (χ0n) is 9.69. The molecule has 17 heavy (non-hydrogen) atoms. The third-order valence-corrected chi connectivity index (χ3v) is 3.13. The van der Waals surface area contributed by atoms with Crippen LogP contribution in [0.1, 0.15) is 36.0 Å².